The quantitative estimate of drug-likeness (QED) is 0.739. The topological polar surface area (TPSA) is 57.7 Å². The summed E-state index contributed by atoms with van der Waals surface area (Å²) in [6.45, 7) is 0.534. The molecule has 0 radical (unpaired) electrons. The summed E-state index contributed by atoms with van der Waals surface area (Å²) in [5, 5.41) is 0.510. The van der Waals surface area contributed by atoms with Crippen molar-refractivity contribution in [3.8, 4) is 0 Å². The van der Waals surface area contributed by atoms with Crippen molar-refractivity contribution in [1.82, 2.24) is 4.90 Å². The molecule has 0 N–H and O–H groups in total. The second-order valence-electron chi connectivity index (χ2n) is 6.16. The van der Waals surface area contributed by atoms with Crippen LogP contribution in [0.25, 0.3) is 0 Å². The first kappa shape index (κ1) is 15.8. The standard InChI is InChI=1S/C19H15ClN2O3/c20-13-9-7-12(8-10-13)17(23)22-15-5-2-1-4-14(15)18(24)21-11-3-6-16(21)19(22)25/h1-2,4-5,7-10,16H,3,6,11H2/t16-/m0/s1. The molecule has 0 bridgehead atoms. The molecule has 1 fully saturated rings. The molecule has 2 aromatic rings. The fourth-order valence-electron chi connectivity index (χ4n) is 3.47. The van der Waals surface area contributed by atoms with Crippen LogP contribution in [0.3, 0.4) is 0 Å². The third kappa shape index (κ3) is 2.51. The lowest BCUT2D eigenvalue weighted by atomic mass is 10.1. The maximum absolute atomic E-state index is 13.1. The lowest BCUT2D eigenvalue weighted by molar-refractivity contribution is -0.121. The van der Waals surface area contributed by atoms with Crippen LogP contribution in [-0.2, 0) is 4.79 Å². The first-order valence-corrected chi connectivity index (χ1v) is 8.49. The first-order chi connectivity index (χ1) is 12.1. The number of fused-ring (bicyclic) bond motifs is 2. The number of imide groups is 1. The highest BCUT2D eigenvalue weighted by molar-refractivity contribution is 6.31. The Kier molecular flexibility index (Phi) is 3.81. The van der Waals surface area contributed by atoms with Crippen molar-refractivity contribution in [3.05, 3.63) is 64.7 Å². The van der Waals surface area contributed by atoms with E-state index in [4.69, 9.17) is 11.6 Å². The van der Waals surface area contributed by atoms with Crippen LogP contribution in [0.1, 0.15) is 33.6 Å². The molecule has 1 atom stereocenters. The summed E-state index contributed by atoms with van der Waals surface area (Å²) in [5.74, 6) is -0.996. The van der Waals surface area contributed by atoms with Crippen LogP contribution in [0, 0.1) is 0 Å². The Balaban J connectivity index is 1.85. The smallest absolute Gasteiger partial charge is 0.265 e. The number of carbonyl (C=O) groups is 3. The van der Waals surface area contributed by atoms with E-state index < -0.39 is 11.9 Å². The summed E-state index contributed by atoms with van der Waals surface area (Å²) < 4.78 is 0. The second kappa shape index (κ2) is 6.01. The fourth-order valence-corrected chi connectivity index (χ4v) is 3.60. The molecular weight excluding hydrogens is 340 g/mol. The highest BCUT2D eigenvalue weighted by Crippen LogP contribution is 2.33. The highest BCUT2D eigenvalue weighted by Gasteiger charge is 2.44. The number of nitrogens with zero attached hydrogens (tertiary/aromatic N) is 2. The Hall–Kier alpha value is -2.66. The Bertz CT molecular complexity index is 878. The summed E-state index contributed by atoms with van der Waals surface area (Å²) in [5.41, 5.74) is 1.07. The number of carbonyl (C=O) groups excluding carboxylic acids is 3. The minimum Gasteiger partial charge on any atom is -0.327 e. The van der Waals surface area contributed by atoms with E-state index in [9.17, 15) is 14.4 Å². The van der Waals surface area contributed by atoms with Crippen molar-refractivity contribution in [2.45, 2.75) is 18.9 Å². The number of hydrogen-bond donors (Lipinski definition) is 0. The van der Waals surface area contributed by atoms with Gasteiger partial charge in [0.2, 0.25) is 0 Å². The monoisotopic (exact) mass is 354 g/mol. The second-order valence-corrected chi connectivity index (χ2v) is 6.60. The summed E-state index contributed by atoms with van der Waals surface area (Å²) in [7, 11) is 0. The van der Waals surface area contributed by atoms with Gasteiger partial charge < -0.3 is 4.90 Å². The van der Waals surface area contributed by atoms with Gasteiger partial charge in [-0.25, -0.2) is 4.90 Å². The summed E-state index contributed by atoms with van der Waals surface area (Å²) >= 11 is 5.89. The molecule has 3 amide bonds. The minimum atomic E-state index is -0.587. The molecule has 0 unspecified atom stereocenters. The molecule has 0 aromatic heterocycles. The summed E-state index contributed by atoms with van der Waals surface area (Å²) in [4.78, 5) is 41.7. The number of para-hydroxylation sites is 1. The molecule has 4 rings (SSSR count). The van der Waals surface area contributed by atoms with Gasteiger partial charge in [-0.05, 0) is 49.2 Å². The number of benzene rings is 2. The SMILES string of the molecule is O=C(c1ccc(Cl)cc1)N1C(=O)[C@@H]2CCCN2C(=O)c2ccccc21. The average molecular weight is 355 g/mol. The van der Waals surface area contributed by atoms with E-state index in [1.165, 1.54) is 0 Å². The zero-order valence-electron chi connectivity index (χ0n) is 13.3. The van der Waals surface area contributed by atoms with E-state index >= 15 is 0 Å². The van der Waals surface area contributed by atoms with Crippen LogP contribution < -0.4 is 4.90 Å². The average Bonchev–Trinajstić information content (AvgIpc) is 3.09. The van der Waals surface area contributed by atoms with E-state index in [1.54, 1.807) is 53.4 Å². The first-order valence-electron chi connectivity index (χ1n) is 8.12. The molecule has 0 aliphatic carbocycles. The van der Waals surface area contributed by atoms with Crippen LogP contribution in [0.2, 0.25) is 5.02 Å². The van der Waals surface area contributed by atoms with Gasteiger partial charge >= 0.3 is 0 Å². The maximum atomic E-state index is 13.1. The van der Waals surface area contributed by atoms with E-state index in [2.05, 4.69) is 0 Å². The molecule has 2 heterocycles. The Labute approximate surface area is 149 Å². The minimum absolute atomic E-state index is 0.196. The van der Waals surface area contributed by atoms with Crippen LogP contribution >= 0.6 is 11.6 Å². The Morgan fingerprint density at radius 2 is 1.76 bits per heavy atom. The lowest BCUT2D eigenvalue weighted by Gasteiger charge is -2.24. The Morgan fingerprint density at radius 1 is 1.04 bits per heavy atom. The molecular formula is C19H15ClN2O3. The molecule has 25 heavy (non-hydrogen) atoms. The van der Waals surface area contributed by atoms with Crippen molar-refractivity contribution in [2.24, 2.45) is 0 Å². The van der Waals surface area contributed by atoms with E-state index in [0.717, 1.165) is 11.3 Å². The van der Waals surface area contributed by atoms with Crippen LogP contribution in [0.5, 0.6) is 0 Å². The predicted octanol–water partition coefficient (Wildman–Crippen LogP) is 3.13. The van der Waals surface area contributed by atoms with Crippen molar-refractivity contribution in [3.63, 3.8) is 0 Å². The van der Waals surface area contributed by atoms with Gasteiger partial charge in [0.25, 0.3) is 17.7 Å². The van der Waals surface area contributed by atoms with Gasteiger partial charge in [-0.15, -0.1) is 0 Å². The molecule has 1 saturated heterocycles. The van der Waals surface area contributed by atoms with Crippen LogP contribution in [0.4, 0.5) is 5.69 Å². The summed E-state index contributed by atoms with van der Waals surface area (Å²) in [6.07, 6.45) is 1.33. The largest absolute Gasteiger partial charge is 0.327 e. The molecule has 5 nitrogen and oxygen atoms in total. The molecule has 0 saturated carbocycles. The highest BCUT2D eigenvalue weighted by atomic mass is 35.5. The van der Waals surface area contributed by atoms with Gasteiger partial charge in [-0.1, -0.05) is 23.7 Å². The van der Waals surface area contributed by atoms with Crippen LogP contribution in [-0.4, -0.2) is 35.2 Å². The van der Waals surface area contributed by atoms with E-state index in [0.29, 0.717) is 34.8 Å². The van der Waals surface area contributed by atoms with Crippen LogP contribution in [0.15, 0.2) is 48.5 Å². The molecule has 2 aromatic carbocycles. The molecule has 126 valence electrons. The maximum Gasteiger partial charge on any atom is 0.265 e. The number of amides is 3. The van der Waals surface area contributed by atoms with E-state index in [1.807, 2.05) is 0 Å². The van der Waals surface area contributed by atoms with Gasteiger partial charge in [0, 0.05) is 17.1 Å². The number of hydrogen-bond acceptors (Lipinski definition) is 3. The van der Waals surface area contributed by atoms with Gasteiger partial charge in [0.05, 0.1) is 11.3 Å². The van der Waals surface area contributed by atoms with Gasteiger partial charge in [-0.3, -0.25) is 14.4 Å². The number of halogens is 1. The van der Waals surface area contributed by atoms with Gasteiger partial charge in [-0.2, -0.15) is 0 Å². The molecule has 0 spiro atoms. The fraction of sp³-hybridized carbons (Fsp3) is 0.211. The Morgan fingerprint density at radius 3 is 2.52 bits per heavy atom. The van der Waals surface area contributed by atoms with Crippen molar-refractivity contribution >= 4 is 35.0 Å². The third-order valence-electron chi connectivity index (χ3n) is 4.69. The predicted molar refractivity (Wildman–Crippen MR) is 93.8 cm³/mol. The van der Waals surface area contributed by atoms with Crippen molar-refractivity contribution < 1.29 is 14.4 Å². The molecule has 2 aliphatic heterocycles. The zero-order valence-corrected chi connectivity index (χ0v) is 14.1. The zero-order chi connectivity index (χ0) is 17.6. The van der Waals surface area contributed by atoms with Crippen molar-refractivity contribution in [2.75, 3.05) is 11.4 Å². The number of rotatable bonds is 1. The van der Waals surface area contributed by atoms with Gasteiger partial charge in [0.1, 0.15) is 6.04 Å². The van der Waals surface area contributed by atoms with E-state index in [-0.39, 0.29) is 11.8 Å². The summed E-state index contributed by atoms with van der Waals surface area (Å²) in [6, 6.07) is 12.6. The lowest BCUT2D eigenvalue weighted by Crippen LogP contribution is -2.47. The number of anilines is 1. The molecule has 2 aliphatic rings. The van der Waals surface area contributed by atoms with Gasteiger partial charge in [0.15, 0.2) is 0 Å². The van der Waals surface area contributed by atoms with Crippen molar-refractivity contribution in [1.29, 1.82) is 0 Å². The third-order valence-corrected chi connectivity index (χ3v) is 4.94. The molecule has 6 heteroatoms. The normalized spacial score (nSPS) is 19.5.